The minimum absolute atomic E-state index is 0.214. The van der Waals surface area contributed by atoms with Gasteiger partial charge in [0, 0.05) is 23.6 Å². The number of amides is 1. The Hall–Kier alpha value is -3.48. The zero-order valence-corrected chi connectivity index (χ0v) is 16.4. The average molecular weight is 397 g/mol. The van der Waals surface area contributed by atoms with Crippen molar-refractivity contribution in [1.82, 2.24) is 0 Å². The standard InChI is InChI=1S/C22H23NO6/c1-3-4-11-27-19-9-8-16(26-2)12-18(19)23-21(24)14-28-17-7-5-15-6-10-22(25)29-20(15)13-17/h5-10,12-13H,3-4,11,14H2,1-2H3,(H,23,24). The number of hydrogen-bond donors (Lipinski definition) is 1. The van der Waals surface area contributed by atoms with Gasteiger partial charge in [0.1, 0.15) is 22.8 Å². The Balaban J connectivity index is 1.66. The van der Waals surface area contributed by atoms with Gasteiger partial charge in [-0.05, 0) is 36.8 Å². The Morgan fingerprint density at radius 2 is 1.83 bits per heavy atom. The molecule has 0 saturated carbocycles. The SMILES string of the molecule is CCCCOc1ccc(OC)cc1NC(=O)COc1ccc2ccc(=O)oc2c1. The Bertz CT molecular complexity index is 1040. The first-order chi connectivity index (χ1) is 14.1. The van der Waals surface area contributed by atoms with Crippen LogP contribution in [0.25, 0.3) is 11.0 Å². The van der Waals surface area contributed by atoms with Gasteiger partial charge in [-0.25, -0.2) is 4.79 Å². The summed E-state index contributed by atoms with van der Waals surface area (Å²) in [5.41, 5.74) is 0.467. The van der Waals surface area contributed by atoms with E-state index in [4.69, 9.17) is 18.6 Å². The molecular weight excluding hydrogens is 374 g/mol. The molecule has 0 spiro atoms. The van der Waals surface area contributed by atoms with Crippen molar-refractivity contribution in [1.29, 1.82) is 0 Å². The van der Waals surface area contributed by atoms with Gasteiger partial charge >= 0.3 is 5.63 Å². The number of carbonyl (C=O) groups is 1. The number of ether oxygens (including phenoxy) is 3. The van der Waals surface area contributed by atoms with Crippen molar-refractivity contribution in [2.24, 2.45) is 0 Å². The highest BCUT2D eigenvalue weighted by molar-refractivity contribution is 5.93. The van der Waals surface area contributed by atoms with Crippen LogP contribution in [0.3, 0.4) is 0 Å². The summed E-state index contributed by atoms with van der Waals surface area (Å²) in [5.74, 6) is 1.24. The second-order valence-corrected chi connectivity index (χ2v) is 6.36. The fourth-order valence-electron chi connectivity index (χ4n) is 2.65. The molecule has 7 heteroatoms. The van der Waals surface area contributed by atoms with Gasteiger partial charge in [-0.1, -0.05) is 13.3 Å². The number of fused-ring (bicyclic) bond motifs is 1. The monoisotopic (exact) mass is 397 g/mol. The van der Waals surface area contributed by atoms with E-state index in [0.717, 1.165) is 18.2 Å². The molecule has 0 saturated heterocycles. The van der Waals surface area contributed by atoms with Crippen molar-refractivity contribution in [2.45, 2.75) is 19.8 Å². The van der Waals surface area contributed by atoms with Crippen LogP contribution >= 0.6 is 0 Å². The third-order valence-electron chi connectivity index (χ3n) is 4.18. The molecule has 152 valence electrons. The molecule has 29 heavy (non-hydrogen) atoms. The summed E-state index contributed by atoms with van der Waals surface area (Å²) in [6.07, 6.45) is 1.93. The lowest BCUT2D eigenvalue weighted by Gasteiger charge is -2.14. The number of rotatable bonds is 9. The summed E-state index contributed by atoms with van der Waals surface area (Å²) < 4.78 is 21.6. The molecule has 3 aromatic rings. The summed E-state index contributed by atoms with van der Waals surface area (Å²) in [5, 5.41) is 3.56. The van der Waals surface area contributed by atoms with E-state index in [0.29, 0.717) is 35.1 Å². The van der Waals surface area contributed by atoms with E-state index in [1.165, 1.54) is 6.07 Å². The number of nitrogens with one attached hydrogen (secondary N) is 1. The summed E-state index contributed by atoms with van der Waals surface area (Å²) in [7, 11) is 1.56. The van der Waals surface area contributed by atoms with Crippen LogP contribution in [0, 0.1) is 0 Å². The van der Waals surface area contributed by atoms with E-state index in [1.54, 1.807) is 49.6 Å². The highest BCUT2D eigenvalue weighted by atomic mass is 16.5. The largest absolute Gasteiger partial charge is 0.497 e. The number of unbranched alkanes of at least 4 members (excludes halogenated alkanes) is 1. The van der Waals surface area contributed by atoms with Gasteiger partial charge in [-0.3, -0.25) is 4.79 Å². The third-order valence-corrected chi connectivity index (χ3v) is 4.18. The zero-order chi connectivity index (χ0) is 20.6. The lowest BCUT2D eigenvalue weighted by atomic mass is 10.2. The summed E-state index contributed by atoms with van der Waals surface area (Å²) in [6, 6.07) is 13.3. The van der Waals surface area contributed by atoms with Crippen LogP contribution in [0.15, 0.2) is 57.7 Å². The quantitative estimate of drug-likeness (QED) is 0.434. The molecule has 2 aromatic carbocycles. The fourth-order valence-corrected chi connectivity index (χ4v) is 2.65. The van der Waals surface area contributed by atoms with Gasteiger partial charge < -0.3 is 23.9 Å². The highest BCUT2D eigenvalue weighted by Crippen LogP contribution is 2.29. The molecule has 0 radical (unpaired) electrons. The Morgan fingerprint density at radius 1 is 1.03 bits per heavy atom. The Labute approximate surface area is 168 Å². The van der Waals surface area contributed by atoms with E-state index in [1.807, 2.05) is 0 Å². The van der Waals surface area contributed by atoms with Gasteiger partial charge in [0.2, 0.25) is 0 Å². The van der Waals surface area contributed by atoms with Crippen LogP contribution in [-0.4, -0.2) is 26.2 Å². The first-order valence-electron chi connectivity index (χ1n) is 9.36. The summed E-state index contributed by atoms with van der Waals surface area (Å²) >= 11 is 0. The maximum absolute atomic E-state index is 12.4. The molecular formula is C22H23NO6. The zero-order valence-electron chi connectivity index (χ0n) is 16.4. The molecule has 1 amide bonds. The van der Waals surface area contributed by atoms with Crippen molar-refractivity contribution in [3.63, 3.8) is 0 Å². The van der Waals surface area contributed by atoms with Crippen molar-refractivity contribution >= 4 is 22.6 Å². The van der Waals surface area contributed by atoms with Crippen molar-refractivity contribution < 1.29 is 23.4 Å². The van der Waals surface area contributed by atoms with Crippen LogP contribution in [0.2, 0.25) is 0 Å². The first kappa shape index (κ1) is 20.3. The van der Waals surface area contributed by atoms with Gasteiger partial charge in [0.05, 0.1) is 19.4 Å². The number of benzene rings is 2. The molecule has 0 fully saturated rings. The predicted molar refractivity (Wildman–Crippen MR) is 110 cm³/mol. The molecule has 0 unspecified atom stereocenters. The average Bonchev–Trinajstić information content (AvgIpc) is 2.73. The molecule has 1 aromatic heterocycles. The van der Waals surface area contributed by atoms with Gasteiger partial charge in [0.25, 0.3) is 5.91 Å². The minimum Gasteiger partial charge on any atom is -0.497 e. The number of hydrogen-bond acceptors (Lipinski definition) is 6. The lowest BCUT2D eigenvalue weighted by Crippen LogP contribution is -2.20. The molecule has 0 aliphatic rings. The van der Waals surface area contributed by atoms with E-state index in [-0.39, 0.29) is 12.5 Å². The molecule has 1 heterocycles. The third kappa shape index (κ3) is 5.51. The Kier molecular flexibility index (Phi) is 6.73. The molecule has 1 N–H and O–H groups in total. The highest BCUT2D eigenvalue weighted by Gasteiger charge is 2.11. The van der Waals surface area contributed by atoms with Crippen LogP contribution in [-0.2, 0) is 4.79 Å². The first-order valence-corrected chi connectivity index (χ1v) is 9.36. The smallest absolute Gasteiger partial charge is 0.336 e. The molecule has 7 nitrogen and oxygen atoms in total. The second-order valence-electron chi connectivity index (χ2n) is 6.36. The topological polar surface area (TPSA) is 87.0 Å². The van der Waals surface area contributed by atoms with E-state index >= 15 is 0 Å². The summed E-state index contributed by atoms with van der Waals surface area (Å²) in [6.45, 7) is 2.42. The predicted octanol–water partition coefficient (Wildman–Crippen LogP) is 4.00. The molecule has 0 aliphatic carbocycles. The van der Waals surface area contributed by atoms with Crippen LogP contribution in [0.5, 0.6) is 17.2 Å². The lowest BCUT2D eigenvalue weighted by molar-refractivity contribution is -0.118. The maximum atomic E-state index is 12.4. The van der Waals surface area contributed by atoms with Gasteiger partial charge in [0.15, 0.2) is 6.61 Å². The molecule has 0 bridgehead atoms. The number of carbonyl (C=O) groups excluding carboxylic acids is 1. The van der Waals surface area contributed by atoms with E-state index in [2.05, 4.69) is 12.2 Å². The van der Waals surface area contributed by atoms with Crippen molar-refractivity contribution in [3.8, 4) is 17.2 Å². The number of methoxy groups -OCH3 is 1. The van der Waals surface area contributed by atoms with Crippen molar-refractivity contribution in [3.05, 3.63) is 59.0 Å². The number of anilines is 1. The fraction of sp³-hybridized carbons (Fsp3) is 0.273. The van der Waals surface area contributed by atoms with Crippen molar-refractivity contribution in [2.75, 3.05) is 25.6 Å². The molecule has 0 atom stereocenters. The Morgan fingerprint density at radius 3 is 2.62 bits per heavy atom. The van der Waals surface area contributed by atoms with E-state index in [9.17, 15) is 9.59 Å². The van der Waals surface area contributed by atoms with E-state index < -0.39 is 5.63 Å². The minimum atomic E-state index is -0.443. The van der Waals surface area contributed by atoms with Crippen LogP contribution in [0.1, 0.15) is 19.8 Å². The van der Waals surface area contributed by atoms with Crippen LogP contribution in [0.4, 0.5) is 5.69 Å². The van der Waals surface area contributed by atoms with Crippen LogP contribution < -0.4 is 25.2 Å². The second kappa shape index (κ2) is 9.64. The summed E-state index contributed by atoms with van der Waals surface area (Å²) in [4.78, 5) is 23.7. The molecule has 0 aliphatic heterocycles. The normalized spacial score (nSPS) is 10.6. The molecule has 3 rings (SSSR count). The van der Waals surface area contributed by atoms with Gasteiger partial charge in [-0.15, -0.1) is 0 Å². The maximum Gasteiger partial charge on any atom is 0.336 e. The van der Waals surface area contributed by atoms with Gasteiger partial charge in [-0.2, -0.15) is 0 Å².